The Morgan fingerprint density at radius 2 is 1.86 bits per heavy atom. The van der Waals surface area contributed by atoms with Crippen molar-refractivity contribution < 1.29 is 14.2 Å². The molecule has 0 saturated carbocycles. The second kappa shape index (κ2) is 10.1. The van der Waals surface area contributed by atoms with Crippen molar-refractivity contribution in [2.24, 2.45) is 7.05 Å². The van der Waals surface area contributed by atoms with E-state index in [-0.39, 0.29) is 11.2 Å². The Labute approximate surface area is 211 Å². The Morgan fingerprint density at radius 1 is 1.14 bits per heavy atom. The molecule has 5 rings (SSSR count). The minimum atomic E-state index is -0.0665. The van der Waals surface area contributed by atoms with E-state index >= 15 is 0 Å². The van der Waals surface area contributed by atoms with E-state index in [4.69, 9.17) is 14.2 Å². The molecule has 2 saturated heterocycles. The fourth-order valence-corrected chi connectivity index (χ4v) is 5.39. The number of aryl methyl sites for hydroxylation is 1. The SMILES string of the molecule is CNc1cc2c(=O)n(C)cc(-c3cc(OC)c(CN4CCC5(CC4)CNCCO5)c(OC)c3)c2cn1. The first-order chi connectivity index (χ1) is 17.5. The Hall–Kier alpha value is -3.14. The Bertz CT molecular complexity index is 1280. The van der Waals surface area contributed by atoms with Gasteiger partial charge in [0.1, 0.15) is 17.3 Å². The highest BCUT2D eigenvalue weighted by Gasteiger charge is 2.37. The molecule has 1 aromatic carbocycles. The summed E-state index contributed by atoms with van der Waals surface area (Å²) in [5.74, 6) is 2.18. The second-order valence-corrected chi connectivity index (χ2v) is 9.67. The number of morpholine rings is 1. The van der Waals surface area contributed by atoms with Crippen molar-refractivity contribution in [2.45, 2.75) is 25.0 Å². The van der Waals surface area contributed by atoms with Crippen LogP contribution in [0.5, 0.6) is 11.5 Å². The Balaban J connectivity index is 1.48. The van der Waals surface area contributed by atoms with Crippen LogP contribution < -0.4 is 25.7 Å². The number of benzene rings is 1. The van der Waals surface area contributed by atoms with E-state index in [2.05, 4.69) is 20.5 Å². The molecule has 0 unspecified atom stereocenters. The van der Waals surface area contributed by atoms with Gasteiger partial charge >= 0.3 is 0 Å². The molecule has 2 aliphatic heterocycles. The normalized spacial score (nSPS) is 17.9. The summed E-state index contributed by atoms with van der Waals surface area (Å²) in [6.45, 7) is 5.30. The maximum atomic E-state index is 12.9. The fraction of sp³-hybridized carbons (Fsp3) is 0.481. The predicted molar refractivity (Wildman–Crippen MR) is 141 cm³/mol. The van der Waals surface area contributed by atoms with Crippen LogP contribution in [0.3, 0.4) is 0 Å². The zero-order valence-electron chi connectivity index (χ0n) is 21.5. The van der Waals surface area contributed by atoms with Crippen molar-refractivity contribution in [1.82, 2.24) is 19.8 Å². The van der Waals surface area contributed by atoms with Crippen LogP contribution in [0.1, 0.15) is 18.4 Å². The van der Waals surface area contributed by atoms with Crippen LogP contribution in [0.15, 0.2) is 35.4 Å². The van der Waals surface area contributed by atoms with Crippen LogP contribution in [0.2, 0.25) is 0 Å². The maximum absolute atomic E-state index is 12.9. The van der Waals surface area contributed by atoms with Gasteiger partial charge in [-0.05, 0) is 36.6 Å². The van der Waals surface area contributed by atoms with Crippen molar-refractivity contribution in [3.8, 4) is 22.6 Å². The largest absolute Gasteiger partial charge is 0.496 e. The lowest BCUT2D eigenvalue weighted by Crippen LogP contribution is -2.55. The molecule has 36 heavy (non-hydrogen) atoms. The minimum absolute atomic E-state index is 0.0295. The number of hydrogen-bond acceptors (Lipinski definition) is 8. The van der Waals surface area contributed by atoms with Crippen LogP contribution in [0.25, 0.3) is 21.9 Å². The third-order valence-corrected chi connectivity index (χ3v) is 7.53. The lowest BCUT2D eigenvalue weighted by Gasteiger charge is -2.44. The summed E-state index contributed by atoms with van der Waals surface area (Å²) in [5, 5.41) is 7.89. The molecular formula is C27H35N5O4. The number of pyridine rings is 2. The third-order valence-electron chi connectivity index (χ3n) is 7.53. The van der Waals surface area contributed by atoms with Crippen LogP contribution in [-0.4, -0.2) is 74.1 Å². The van der Waals surface area contributed by atoms with Gasteiger partial charge in [-0.3, -0.25) is 9.69 Å². The first-order valence-electron chi connectivity index (χ1n) is 12.5. The molecule has 2 aliphatic rings. The summed E-state index contributed by atoms with van der Waals surface area (Å²) in [5.41, 5.74) is 2.73. The van der Waals surface area contributed by atoms with Crippen molar-refractivity contribution in [3.05, 3.63) is 46.5 Å². The number of hydrogen-bond donors (Lipinski definition) is 2. The average molecular weight is 494 g/mol. The van der Waals surface area contributed by atoms with E-state index < -0.39 is 0 Å². The van der Waals surface area contributed by atoms with Crippen molar-refractivity contribution in [2.75, 3.05) is 59.4 Å². The van der Waals surface area contributed by atoms with Gasteiger partial charge in [0, 0.05) is 70.2 Å². The number of anilines is 1. The van der Waals surface area contributed by atoms with Crippen LogP contribution in [0.4, 0.5) is 5.82 Å². The molecule has 9 nitrogen and oxygen atoms in total. The average Bonchev–Trinajstić information content (AvgIpc) is 2.92. The molecule has 0 radical (unpaired) electrons. The van der Waals surface area contributed by atoms with Gasteiger partial charge in [-0.25, -0.2) is 4.98 Å². The highest BCUT2D eigenvalue weighted by molar-refractivity contribution is 5.96. The standard InChI is InChI=1S/C27H35N5O4/c1-28-25-13-19-20(14-30-25)21(15-31(2)26(19)33)18-11-23(34-3)22(24(12-18)35-4)16-32-8-5-27(6-9-32)17-29-7-10-36-27/h11-15,29H,5-10,16-17H2,1-4H3,(H,28,30). The predicted octanol–water partition coefficient (Wildman–Crippen LogP) is 2.61. The summed E-state index contributed by atoms with van der Waals surface area (Å²) in [4.78, 5) is 19.7. The van der Waals surface area contributed by atoms with Gasteiger partial charge in [0.15, 0.2) is 0 Å². The number of aromatic nitrogens is 2. The molecule has 9 heteroatoms. The quantitative estimate of drug-likeness (QED) is 0.542. The fourth-order valence-electron chi connectivity index (χ4n) is 5.39. The first-order valence-corrected chi connectivity index (χ1v) is 12.5. The molecule has 2 N–H and O–H groups in total. The van der Waals surface area contributed by atoms with Crippen LogP contribution in [0, 0.1) is 0 Å². The van der Waals surface area contributed by atoms with Crippen LogP contribution >= 0.6 is 0 Å². The van der Waals surface area contributed by atoms with E-state index in [0.29, 0.717) is 11.2 Å². The molecule has 2 fully saturated rings. The van der Waals surface area contributed by atoms with Gasteiger partial charge < -0.3 is 29.4 Å². The molecule has 0 atom stereocenters. The topological polar surface area (TPSA) is 89.9 Å². The Morgan fingerprint density at radius 3 is 2.47 bits per heavy atom. The minimum Gasteiger partial charge on any atom is -0.496 e. The van der Waals surface area contributed by atoms with Gasteiger partial charge in [-0.15, -0.1) is 0 Å². The van der Waals surface area contributed by atoms with Gasteiger partial charge in [-0.2, -0.15) is 0 Å². The van der Waals surface area contributed by atoms with Gasteiger partial charge in [0.2, 0.25) is 0 Å². The number of nitrogens with one attached hydrogen (secondary N) is 2. The highest BCUT2D eigenvalue weighted by atomic mass is 16.5. The molecule has 0 amide bonds. The molecule has 0 bridgehead atoms. The van der Waals surface area contributed by atoms with E-state index in [1.165, 1.54) is 0 Å². The summed E-state index contributed by atoms with van der Waals surface area (Å²) in [6, 6.07) is 5.85. The maximum Gasteiger partial charge on any atom is 0.258 e. The van der Waals surface area contributed by atoms with Gasteiger partial charge in [0.05, 0.1) is 37.4 Å². The zero-order valence-corrected chi connectivity index (χ0v) is 21.5. The zero-order chi connectivity index (χ0) is 25.3. The van der Waals surface area contributed by atoms with E-state index in [9.17, 15) is 4.79 Å². The number of likely N-dealkylation sites (tertiary alicyclic amines) is 1. The molecule has 3 aromatic rings. The number of ether oxygens (including phenoxy) is 3. The summed E-state index contributed by atoms with van der Waals surface area (Å²) < 4.78 is 19.5. The molecule has 1 spiro atoms. The highest BCUT2D eigenvalue weighted by Crippen LogP contribution is 2.39. The summed E-state index contributed by atoms with van der Waals surface area (Å²) in [6.07, 6.45) is 5.61. The number of nitrogens with zero attached hydrogens (tertiary/aromatic N) is 3. The number of rotatable bonds is 6. The second-order valence-electron chi connectivity index (χ2n) is 9.67. The van der Waals surface area contributed by atoms with Gasteiger partial charge in [0.25, 0.3) is 5.56 Å². The van der Waals surface area contributed by atoms with Crippen molar-refractivity contribution >= 4 is 16.6 Å². The number of methoxy groups -OCH3 is 2. The Kier molecular flexibility index (Phi) is 6.87. The van der Waals surface area contributed by atoms with E-state index in [1.807, 2.05) is 18.3 Å². The molecular weight excluding hydrogens is 458 g/mol. The third kappa shape index (κ3) is 4.54. The van der Waals surface area contributed by atoms with E-state index in [1.54, 1.807) is 45.1 Å². The molecule has 192 valence electrons. The van der Waals surface area contributed by atoms with Crippen molar-refractivity contribution in [1.29, 1.82) is 0 Å². The summed E-state index contributed by atoms with van der Waals surface area (Å²) >= 11 is 0. The van der Waals surface area contributed by atoms with Crippen LogP contribution in [-0.2, 0) is 18.3 Å². The summed E-state index contributed by atoms with van der Waals surface area (Å²) in [7, 11) is 6.93. The lowest BCUT2D eigenvalue weighted by atomic mass is 9.89. The lowest BCUT2D eigenvalue weighted by molar-refractivity contribution is -0.101. The first kappa shape index (κ1) is 24.5. The van der Waals surface area contributed by atoms with Gasteiger partial charge in [-0.1, -0.05) is 0 Å². The molecule has 0 aliphatic carbocycles. The monoisotopic (exact) mass is 493 g/mol. The molecule has 2 aromatic heterocycles. The van der Waals surface area contributed by atoms with Crippen molar-refractivity contribution in [3.63, 3.8) is 0 Å². The smallest absolute Gasteiger partial charge is 0.258 e. The number of piperidine rings is 1. The van der Waals surface area contributed by atoms with E-state index in [0.717, 1.165) is 85.7 Å². The molecule has 4 heterocycles. The number of fused-ring (bicyclic) bond motifs is 1.